The Balaban J connectivity index is 1.83. The summed E-state index contributed by atoms with van der Waals surface area (Å²) in [7, 11) is 0. The van der Waals surface area contributed by atoms with Crippen molar-refractivity contribution in [2.45, 2.75) is 44.3 Å². The molecule has 1 saturated carbocycles. The molecule has 3 rings (SSSR count). The zero-order valence-electron chi connectivity index (χ0n) is 11.1. The number of hydrogen-bond donors (Lipinski definition) is 2. The highest BCUT2D eigenvalue weighted by molar-refractivity contribution is 5.56. The van der Waals surface area contributed by atoms with Gasteiger partial charge in [-0.2, -0.15) is 0 Å². The predicted octanol–water partition coefficient (Wildman–Crippen LogP) is 2.04. The van der Waals surface area contributed by atoms with Crippen molar-refractivity contribution < 1.29 is 9.50 Å². The summed E-state index contributed by atoms with van der Waals surface area (Å²) in [6.07, 6.45) is 4.46. The van der Waals surface area contributed by atoms with Crippen molar-refractivity contribution in [3.63, 3.8) is 0 Å². The highest BCUT2D eigenvalue weighted by Crippen LogP contribution is 2.31. The third-order valence-corrected chi connectivity index (χ3v) is 4.14. The van der Waals surface area contributed by atoms with E-state index in [-0.39, 0.29) is 18.5 Å². The second kappa shape index (κ2) is 5.47. The Hall–Kier alpha value is -1.13. The summed E-state index contributed by atoms with van der Waals surface area (Å²) in [6.45, 7) is 1.64. The van der Waals surface area contributed by atoms with Gasteiger partial charge in [-0.1, -0.05) is 6.07 Å². The summed E-state index contributed by atoms with van der Waals surface area (Å²) in [6, 6.07) is 5.97. The molecule has 2 fully saturated rings. The Labute approximate surface area is 113 Å². The van der Waals surface area contributed by atoms with Crippen molar-refractivity contribution >= 4 is 5.69 Å². The molecule has 1 aliphatic heterocycles. The molecule has 1 aromatic rings. The van der Waals surface area contributed by atoms with E-state index < -0.39 is 0 Å². The largest absolute Gasteiger partial charge is 0.394 e. The van der Waals surface area contributed by atoms with E-state index in [0.717, 1.165) is 30.6 Å². The van der Waals surface area contributed by atoms with Gasteiger partial charge in [0.05, 0.1) is 12.6 Å². The minimum Gasteiger partial charge on any atom is -0.394 e. The monoisotopic (exact) mass is 264 g/mol. The molecular weight excluding hydrogens is 243 g/mol. The molecule has 2 N–H and O–H groups in total. The van der Waals surface area contributed by atoms with Gasteiger partial charge in [0.25, 0.3) is 0 Å². The quantitative estimate of drug-likeness (QED) is 0.854. The number of nitrogens with zero attached hydrogens (tertiary/aromatic N) is 1. The van der Waals surface area contributed by atoms with E-state index in [1.54, 1.807) is 6.07 Å². The SMILES string of the molecule is OCC1CCCN1c1cccc(F)c1CNC1CC1. The lowest BCUT2D eigenvalue weighted by Crippen LogP contribution is -2.33. The number of anilines is 1. The summed E-state index contributed by atoms with van der Waals surface area (Å²) in [5.41, 5.74) is 1.69. The zero-order valence-corrected chi connectivity index (χ0v) is 11.1. The van der Waals surface area contributed by atoms with E-state index in [4.69, 9.17) is 0 Å². The molecule has 4 heteroatoms. The molecule has 1 heterocycles. The van der Waals surface area contributed by atoms with Crippen molar-refractivity contribution in [1.29, 1.82) is 0 Å². The molecule has 0 radical (unpaired) electrons. The second-order valence-corrected chi connectivity index (χ2v) is 5.56. The first-order valence-electron chi connectivity index (χ1n) is 7.18. The van der Waals surface area contributed by atoms with Crippen LogP contribution in [0.4, 0.5) is 10.1 Å². The van der Waals surface area contributed by atoms with Gasteiger partial charge in [0.2, 0.25) is 0 Å². The molecular formula is C15H21FN2O. The highest BCUT2D eigenvalue weighted by Gasteiger charge is 2.27. The van der Waals surface area contributed by atoms with Crippen LogP contribution in [0.15, 0.2) is 18.2 Å². The topological polar surface area (TPSA) is 35.5 Å². The number of aliphatic hydroxyl groups excluding tert-OH is 1. The first kappa shape index (κ1) is 12.9. The lowest BCUT2D eigenvalue weighted by Gasteiger charge is -2.28. The van der Waals surface area contributed by atoms with Crippen molar-refractivity contribution in [2.24, 2.45) is 0 Å². The van der Waals surface area contributed by atoms with Crippen LogP contribution in [0.1, 0.15) is 31.2 Å². The number of nitrogens with one attached hydrogen (secondary N) is 1. The van der Waals surface area contributed by atoms with Crippen molar-refractivity contribution in [1.82, 2.24) is 5.32 Å². The van der Waals surface area contributed by atoms with E-state index in [0.29, 0.717) is 12.6 Å². The van der Waals surface area contributed by atoms with E-state index >= 15 is 0 Å². The molecule has 0 amide bonds. The number of halogens is 1. The van der Waals surface area contributed by atoms with Crippen LogP contribution < -0.4 is 10.2 Å². The van der Waals surface area contributed by atoms with Crippen LogP contribution in [0.3, 0.4) is 0 Å². The number of aliphatic hydroxyl groups is 1. The molecule has 0 aromatic heterocycles. The molecule has 1 atom stereocenters. The van der Waals surface area contributed by atoms with Crippen LogP contribution in [0, 0.1) is 5.82 Å². The van der Waals surface area contributed by atoms with E-state index in [1.807, 2.05) is 6.07 Å². The smallest absolute Gasteiger partial charge is 0.129 e. The maximum Gasteiger partial charge on any atom is 0.129 e. The Morgan fingerprint density at radius 1 is 1.32 bits per heavy atom. The van der Waals surface area contributed by atoms with Crippen LogP contribution in [0.25, 0.3) is 0 Å². The van der Waals surface area contributed by atoms with Crippen LogP contribution in [-0.2, 0) is 6.54 Å². The Bertz CT molecular complexity index is 448. The van der Waals surface area contributed by atoms with Crippen LogP contribution >= 0.6 is 0 Å². The minimum atomic E-state index is -0.144. The molecule has 0 spiro atoms. The summed E-state index contributed by atoms with van der Waals surface area (Å²) in [5.74, 6) is -0.144. The van der Waals surface area contributed by atoms with Crippen LogP contribution in [0.5, 0.6) is 0 Å². The standard InChI is InChI=1S/C15H21FN2O/c16-14-4-1-5-15(13(14)9-17-11-6-7-11)18-8-2-3-12(18)10-19/h1,4-5,11-12,17,19H,2-3,6-10H2. The molecule has 2 aliphatic rings. The third kappa shape index (κ3) is 2.74. The molecule has 1 aliphatic carbocycles. The molecule has 104 valence electrons. The average molecular weight is 264 g/mol. The highest BCUT2D eigenvalue weighted by atomic mass is 19.1. The van der Waals surface area contributed by atoms with Gasteiger partial charge in [0.15, 0.2) is 0 Å². The van der Waals surface area contributed by atoms with Crippen LogP contribution in [0.2, 0.25) is 0 Å². The summed E-state index contributed by atoms with van der Waals surface area (Å²) in [4.78, 5) is 2.16. The fraction of sp³-hybridized carbons (Fsp3) is 0.600. The predicted molar refractivity (Wildman–Crippen MR) is 73.7 cm³/mol. The molecule has 0 bridgehead atoms. The number of benzene rings is 1. The van der Waals surface area contributed by atoms with Gasteiger partial charge in [-0.25, -0.2) is 4.39 Å². The fourth-order valence-corrected chi connectivity index (χ4v) is 2.87. The minimum absolute atomic E-state index is 0.140. The van der Waals surface area contributed by atoms with Crippen molar-refractivity contribution in [3.05, 3.63) is 29.6 Å². The van der Waals surface area contributed by atoms with Crippen molar-refractivity contribution in [2.75, 3.05) is 18.1 Å². The Morgan fingerprint density at radius 3 is 2.89 bits per heavy atom. The summed E-state index contributed by atoms with van der Waals surface area (Å²) >= 11 is 0. The first-order chi connectivity index (χ1) is 9.29. The van der Waals surface area contributed by atoms with E-state index in [9.17, 15) is 9.50 Å². The maximum atomic E-state index is 14.1. The molecule has 1 aromatic carbocycles. The number of hydrogen-bond acceptors (Lipinski definition) is 3. The molecule has 1 saturated heterocycles. The normalized spacial score (nSPS) is 23.1. The van der Waals surface area contributed by atoms with Gasteiger partial charge in [0, 0.05) is 30.4 Å². The summed E-state index contributed by atoms with van der Waals surface area (Å²) < 4.78 is 14.1. The molecule has 19 heavy (non-hydrogen) atoms. The average Bonchev–Trinajstić information content (AvgIpc) is 3.12. The summed E-state index contributed by atoms with van der Waals surface area (Å²) in [5, 5.41) is 12.8. The van der Waals surface area contributed by atoms with Gasteiger partial charge in [-0.3, -0.25) is 0 Å². The molecule has 1 unspecified atom stereocenters. The van der Waals surface area contributed by atoms with E-state index in [1.165, 1.54) is 18.9 Å². The Morgan fingerprint density at radius 2 is 2.16 bits per heavy atom. The zero-order chi connectivity index (χ0) is 13.2. The first-order valence-corrected chi connectivity index (χ1v) is 7.18. The number of rotatable bonds is 5. The van der Waals surface area contributed by atoms with Gasteiger partial charge >= 0.3 is 0 Å². The van der Waals surface area contributed by atoms with Gasteiger partial charge in [-0.05, 0) is 37.8 Å². The van der Waals surface area contributed by atoms with Gasteiger partial charge in [-0.15, -0.1) is 0 Å². The lowest BCUT2D eigenvalue weighted by atomic mass is 10.1. The van der Waals surface area contributed by atoms with Crippen LogP contribution in [-0.4, -0.2) is 30.3 Å². The maximum absolute atomic E-state index is 14.1. The fourth-order valence-electron chi connectivity index (χ4n) is 2.87. The van der Waals surface area contributed by atoms with Crippen molar-refractivity contribution in [3.8, 4) is 0 Å². The molecule has 3 nitrogen and oxygen atoms in total. The van der Waals surface area contributed by atoms with Gasteiger partial charge < -0.3 is 15.3 Å². The lowest BCUT2D eigenvalue weighted by molar-refractivity contribution is 0.266. The Kier molecular flexibility index (Phi) is 3.71. The van der Waals surface area contributed by atoms with E-state index in [2.05, 4.69) is 10.2 Å². The second-order valence-electron chi connectivity index (χ2n) is 5.56. The van der Waals surface area contributed by atoms with Gasteiger partial charge in [0.1, 0.15) is 5.82 Å². The third-order valence-electron chi connectivity index (χ3n) is 4.14.